The Morgan fingerprint density at radius 3 is 2.92 bits per heavy atom. The molecule has 66 valence electrons. The number of nitrogens with one attached hydrogen (secondary N) is 1. The van der Waals surface area contributed by atoms with Gasteiger partial charge in [0.25, 0.3) is 5.56 Å². The first kappa shape index (κ1) is 7.79. The lowest BCUT2D eigenvalue weighted by Crippen LogP contribution is -2.25. The zero-order valence-electron chi connectivity index (χ0n) is 7.07. The molecule has 4 heteroatoms. The lowest BCUT2D eigenvalue weighted by Gasteiger charge is -2.00. The topological polar surface area (TPSA) is 54.3 Å². The van der Waals surface area contributed by atoms with E-state index in [2.05, 4.69) is 4.98 Å². The average molecular weight is 176 g/mol. The summed E-state index contributed by atoms with van der Waals surface area (Å²) in [4.78, 5) is 24.4. The van der Waals surface area contributed by atoms with E-state index in [1.165, 1.54) is 10.5 Å². The predicted octanol–water partition coefficient (Wildman–Crippen LogP) is 0.296. The van der Waals surface area contributed by atoms with Gasteiger partial charge in [-0.15, -0.1) is 0 Å². The summed E-state index contributed by atoms with van der Waals surface area (Å²) in [6.45, 7) is 1.86. The maximum Gasteiger partial charge on any atom is 0.332 e. The van der Waals surface area contributed by atoms with Gasteiger partial charge in [0.2, 0.25) is 0 Å². The molecule has 1 N–H and O–H groups in total. The Hall–Kier alpha value is -1.84. The van der Waals surface area contributed by atoms with Crippen LogP contribution in [0.2, 0.25) is 0 Å². The van der Waals surface area contributed by atoms with E-state index >= 15 is 0 Å². The largest absolute Gasteiger partial charge is 0.332 e. The van der Waals surface area contributed by atoms with E-state index in [1.807, 2.05) is 13.0 Å². The molecular weight excluding hydrogens is 168 g/mol. The van der Waals surface area contributed by atoms with Crippen molar-refractivity contribution in [2.75, 3.05) is 0 Å². The van der Waals surface area contributed by atoms with Crippen molar-refractivity contribution in [1.29, 1.82) is 0 Å². The van der Waals surface area contributed by atoms with E-state index in [0.29, 0.717) is 5.52 Å². The fraction of sp³-hybridized carbons (Fsp3) is 0.111. The van der Waals surface area contributed by atoms with Gasteiger partial charge in [0.15, 0.2) is 0 Å². The van der Waals surface area contributed by atoms with Crippen molar-refractivity contribution in [3.8, 4) is 0 Å². The standard InChI is InChI=1S/C9H8N2O2/c1-6-3-2-4-11-7(6)5-8(12)10-9(11)13/h2-5H,1H3,(H,10,12,13). The lowest BCUT2D eigenvalue weighted by molar-refractivity contribution is 0.963. The second-order valence-electron chi connectivity index (χ2n) is 2.89. The molecule has 0 amide bonds. The van der Waals surface area contributed by atoms with Gasteiger partial charge in [0.1, 0.15) is 0 Å². The number of fused-ring (bicyclic) bond motifs is 1. The first-order valence-corrected chi connectivity index (χ1v) is 3.90. The summed E-state index contributed by atoms with van der Waals surface area (Å²) < 4.78 is 1.41. The van der Waals surface area contributed by atoms with Crippen molar-refractivity contribution in [3.63, 3.8) is 0 Å². The summed E-state index contributed by atoms with van der Waals surface area (Å²) >= 11 is 0. The number of pyridine rings is 1. The molecule has 4 nitrogen and oxygen atoms in total. The van der Waals surface area contributed by atoms with Crippen LogP contribution >= 0.6 is 0 Å². The molecule has 13 heavy (non-hydrogen) atoms. The third-order valence-electron chi connectivity index (χ3n) is 1.96. The molecule has 0 atom stereocenters. The molecule has 2 aromatic rings. The number of rotatable bonds is 0. The smallest absolute Gasteiger partial charge is 0.274 e. The van der Waals surface area contributed by atoms with Gasteiger partial charge >= 0.3 is 5.69 Å². The third-order valence-corrected chi connectivity index (χ3v) is 1.96. The first-order chi connectivity index (χ1) is 6.18. The second-order valence-corrected chi connectivity index (χ2v) is 2.89. The quantitative estimate of drug-likeness (QED) is 0.627. The highest BCUT2D eigenvalue weighted by atomic mass is 16.2. The molecule has 0 saturated carbocycles. The summed E-state index contributed by atoms with van der Waals surface area (Å²) in [5, 5.41) is 0. The third kappa shape index (κ3) is 1.16. The van der Waals surface area contributed by atoms with Crippen molar-refractivity contribution < 1.29 is 0 Å². The van der Waals surface area contributed by atoms with Gasteiger partial charge in [-0.3, -0.25) is 14.2 Å². The molecule has 0 aliphatic carbocycles. The van der Waals surface area contributed by atoms with Crippen LogP contribution in [0.1, 0.15) is 5.56 Å². The number of aryl methyl sites for hydroxylation is 1. The SMILES string of the molecule is Cc1cccn2c(=O)[nH]c(=O)cc12. The van der Waals surface area contributed by atoms with Gasteiger partial charge < -0.3 is 0 Å². The highest BCUT2D eigenvalue weighted by molar-refractivity contribution is 5.52. The van der Waals surface area contributed by atoms with Gasteiger partial charge in [-0.05, 0) is 18.6 Å². The van der Waals surface area contributed by atoms with Crippen molar-refractivity contribution in [2.24, 2.45) is 0 Å². The van der Waals surface area contributed by atoms with E-state index in [-0.39, 0.29) is 5.56 Å². The fourth-order valence-corrected chi connectivity index (χ4v) is 1.32. The Morgan fingerprint density at radius 1 is 1.38 bits per heavy atom. The molecule has 2 rings (SSSR count). The molecule has 0 unspecified atom stereocenters. The van der Waals surface area contributed by atoms with Crippen LogP contribution in [0.4, 0.5) is 0 Å². The van der Waals surface area contributed by atoms with Crippen molar-refractivity contribution in [1.82, 2.24) is 9.38 Å². The van der Waals surface area contributed by atoms with Gasteiger partial charge in [-0.1, -0.05) is 6.07 Å². The summed E-state index contributed by atoms with van der Waals surface area (Å²) in [5.74, 6) is 0. The Labute approximate surface area is 73.5 Å². The van der Waals surface area contributed by atoms with E-state index in [1.54, 1.807) is 12.3 Å². The number of H-pyrrole nitrogens is 1. The van der Waals surface area contributed by atoms with E-state index in [9.17, 15) is 9.59 Å². The molecule has 0 fully saturated rings. The molecule has 0 bridgehead atoms. The van der Waals surface area contributed by atoms with Gasteiger partial charge in [0.05, 0.1) is 5.52 Å². The van der Waals surface area contributed by atoms with Crippen LogP contribution in [0.5, 0.6) is 0 Å². The van der Waals surface area contributed by atoms with Crippen LogP contribution in [0.15, 0.2) is 34.0 Å². The Morgan fingerprint density at radius 2 is 2.15 bits per heavy atom. The Bertz CT molecular complexity index is 566. The number of hydrogen-bond acceptors (Lipinski definition) is 2. The fourth-order valence-electron chi connectivity index (χ4n) is 1.32. The molecule has 0 spiro atoms. The van der Waals surface area contributed by atoms with E-state index in [0.717, 1.165) is 5.56 Å². The second kappa shape index (κ2) is 2.58. The van der Waals surface area contributed by atoms with Gasteiger partial charge in [-0.25, -0.2) is 4.79 Å². The molecule has 0 aromatic carbocycles. The minimum atomic E-state index is -0.397. The lowest BCUT2D eigenvalue weighted by atomic mass is 10.2. The predicted molar refractivity (Wildman–Crippen MR) is 49.0 cm³/mol. The summed E-state index contributed by atoms with van der Waals surface area (Å²) in [5.41, 5.74) is 0.799. The molecule has 0 radical (unpaired) electrons. The van der Waals surface area contributed by atoms with Gasteiger partial charge in [-0.2, -0.15) is 0 Å². The molecule has 2 heterocycles. The molecular formula is C9H8N2O2. The molecule has 0 aliphatic heterocycles. The number of hydrogen-bond donors (Lipinski definition) is 1. The maximum atomic E-state index is 11.3. The zero-order chi connectivity index (χ0) is 9.42. The summed E-state index contributed by atoms with van der Waals surface area (Å²) in [6, 6.07) is 5.03. The van der Waals surface area contributed by atoms with Crippen LogP contribution in [-0.2, 0) is 0 Å². The van der Waals surface area contributed by atoms with E-state index in [4.69, 9.17) is 0 Å². The van der Waals surface area contributed by atoms with Crippen molar-refractivity contribution in [2.45, 2.75) is 6.92 Å². The monoisotopic (exact) mass is 176 g/mol. The summed E-state index contributed by atoms with van der Waals surface area (Å²) in [6.07, 6.45) is 1.63. The Kier molecular flexibility index (Phi) is 1.55. The number of aromatic nitrogens is 2. The Balaban J connectivity index is 3.12. The first-order valence-electron chi connectivity index (χ1n) is 3.90. The normalized spacial score (nSPS) is 10.5. The van der Waals surface area contributed by atoms with Crippen LogP contribution in [0, 0.1) is 6.92 Å². The summed E-state index contributed by atoms with van der Waals surface area (Å²) in [7, 11) is 0. The van der Waals surface area contributed by atoms with E-state index < -0.39 is 5.69 Å². The highest BCUT2D eigenvalue weighted by Crippen LogP contribution is 2.03. The molecule has 0 saturated heterocycles. The van der Waals surface area contributed by atoms with Gasteiger partial charge in [0, 0.05) is 12.3 Å². The molecule has 2 aromatic heterocycles. The van der Waals surface area contributed by atoms with Crippen LogP contribution in [-0.4, -0.2) is 9.38 Å². The minimum absolute atomic E-state index is 0.362. The average Bonchev–Trinajstić information content (AvgIpc) is 2.07. The van der Waals surface area contributed by atoms with Crippen LogP contribution in [0.25, 0.3) is 5.52 Å². The molecule has 0 aliphatic rings. The number of aromatic amines is 1. The maximum absolute atomic E-state index is 11.3. The zero-order valence-corrected chi connectivity index (χ0v) is 7.07. The van der Waals surface area contributed by atoms with Crippen LogP contribution < -0.4 is 11.2 Å². The van der Waals surface area contributed by atoms with Crippen molar-refractivity contribution >= 4 is 5.52 Å². The number of nitrogens with zero attached hydrogens (tertiary/aromatic N) is 1. The van der Waals surface area contributed by atoms with Crippen LogP contribution in [0.3, 0.4) is 0 Å². The minimum Gasteiger partial charge on any atom is -0.274 e. The van der Waals surface area contributed by atoms with Crippen molar-refractivity contribution in [3.05, 3.63) is 50.8 Å². The highest BCUT2D eigenvalue weighted by Gasteiger charge is 1.98.